The molecule has 0 aliphatic rings. The first-order valence-electron chi connectivity index (χ1n) is 11.3. The summed E-state index contributed by atoms with van der Waals surface area (Å²) < 4.78 is 33.0. The lowest BCUT2D eigenvalue weighted by Crippen LogP contribution is -2.12. The first kappa shape index (κ1) is 30.7. The maximum Gasteiger partial charge on any atom is 0.330 e. The number of carbonyl (C=O) groups is 1. The van der Waals surface area contributed by atoms with Gasteiger partial charge in [0.15, 0.2) is 0 Å². The van der Waals surface area contributed by atoms with Gasteiger partial charge in [0, 0.05) is 13.3 Å². The van der Waals surface area contributed by atoms with Crippen LogP contribution in [0.3, 0.4) is 0 Å². The second-order valence-corrected chi connectivity index (χ2v) is 13.7. The fraction of sp³-hybridized carbons (Fsp3) is 0.864. The standard InChI is InChI=1S/C16H36P.C6H10O5S/c1-5-9-13-17(14-10-6-2,15-11-7-3)16-12-8-4;1-2-6(7)11-4-3-5-12(8,9)10/h5-16H2,1-4H3;2H,1,3-5H2,(H,8,9,10)/q+1;. The van der Waals surface area contributed by atoms with Crippen molar-refractivity contribution in [3.63, 3.8) is 0 Å². The molecule has 0 amide bonds. The van der Waals surface area contributed by atoms with Gasteiger partial charge in [0.25, 0.3) is 10.1 Å². The first-order chi connectivity index (χ1) is 13.7. The Morgan fingerprint density at radius 1 is 0.862 bits per heavy atom. The van der Waals surface area contributed by atoms with E-state index in [1.54, 1.807) is 24.6 Å². The van der Waals surface area contributed by atoms with Gasteiger partial charge in [-0.2, -0.15) is 8.42 Å². The van der Waals surface area contributed by atoms with E-state index >= 15 is 0 Å². The molecule has 0 radical (unpaired) electrons. The monoisotopic (exact) mass is 453 g/mol. The summed E-state index contributed by atoms with van der Waals surface area (Å²) in [6.45, 7) is 12.5. The second-order valence-electron chi connectivity index (χ2n) is 7.66. The summed E-state index contributed by atoms with van der Waals surface area (Å²) in [4.78, 5) is 10.4. The normalized spacial score (nSPS) is 11.5. The molecule has 0 rings (SSSR count). The highest BCUT2D eigenvalue weighted by Gasteiger charge is 2.34. The van der Waals surface area contributed by atoms with Crippen LogP contribution in [0.4, 0.5) is 0 Å². The molecule has 0 aromatic heterocycles. The van der Waals surface area contributed by atoms with Crippen LogP contribution in [-0.4, -0.2) is 55.9 Å². The third-order valence-corrected chi connectivity index (χ3v) is 10.8. The molecule has 0 bridgehead atoms. The summed E-state index contributed by atoms with van der Waals surface area (Å²) in [6, 6.07) is 0. The lowest BCUT2D eigenvalue weighted by Gasteiger charge is -2.28. The molecule has 7 heteroatoms. The summed E-state index contributed by atoms with van der Waals surface area (Å²) in [5, 5.41) is 0. The SMILES string of the molecule is C=CC(=O)OCCCS(=O)(=O)O.CCCC[P+](CCCC)(CCCC)CCCC. The van der Waals surface area contributed by atoms with Gasteiger partial charge >= 0.3 is 5.97 Å². The Morgan fingerprint density at radius 3 is 1.52 bits per heavy atom. The van der Waals surface area contributed by atoms with E-state index in [1.807, 2.05) is 0 Å². The van der Waals surface area contributed by atoms with Crippen molar-refractivity contribution in [2.75, 3.05) is 37.0 Å². The van der Waals surface area contributed by atoms with Crippen molar-refractivity contribution in [3.05, 3.63) is 12.7 Å². The van der Waals surface area contributed by atoms with E-state index in [0.29, 0.717) is 0 Å². The Kier molecular flexibility index (Phi) is 20.7. The lowest BCUT2D eigenvalue weighted by molar-refractivity contribution is -0.137. The van der Waals surface area contributed by atoms with Gasteiger partial charge in [-0.3, -0.25) is 4.55 Å². The van der Waals surface area contributed by atoms with Crippen LogP contribution in [-0.2, 0) is 19.6 Å². The van der Waals surface area contributed by atoms with Crippen LogP contribution in [0.2, 0.25) is 0 Å². The molecule has 5 nitrogen and oxygen atoms in total. The molecule has 0 saturated heterocycles. The number of hydrogen-bond acceptors (Lipinski definition) is 4. The van der Waals surface area contributed by atoms with Gasteiger partial charge in [0.1, 0.15) is 0 Å². The maximum absolute atomic E-state index is 10.4. The Hall–Kier alpha value is -0.450. The number of esters is 1. The minimum atomic E-state index is -3.95. The van der Waals surface area contributed by atoms with Crippen LogP contribution in [0.1, 0.15) is 85.5 Å². The molecule has 0 aliphatic heterocycles. The summed E-state index contributed by atoms with van der Waals surface area (Å²) >= 11 is 0. The van der Waals surface area contributed by atoms with Crippen molar-refractivity contribution in [2.24, 2.45) is 0 Å². The van der Waals surface area contributed by atoms with Crippen molar-refractivity contribution in [2.45, 2.75) is 85.5 Å². The Bertz CT molecular complexity index is 468. The lowest BCUT2D eigenvalue weighted by atomic mass is 10.4. The Labute approximate surface area is 181 Å². The van der Waals surface area contributed by atoms with Gasteiger partial charge in [-0.1, -0.05) is 60.0 Å². The van der Waals surface area contributed by atoms with Gasteiger partial charge in [0.05, 0.1) is 37.0 Å². The Balaban J connectivity index is 0. The van der Waals surface area contributed by atoms with Crippen LogP contribution in [0.5, 0.6) is 0 Å². The van der Waals surface area contributed by atoms with E-state index in [2.05, 4.69) is 39.0 Å². The molecule has 0 saturated carbocycles. The molecule has 0 unspecified atom stereocenters. The van der Waals surface area contributed by atoms with E-state index in [9.17, 15) is 13.2 Å². The highest BCUT2D eigenvalue weighted by atomic mass is 32.2. The zero-order valence-corrected chi connectivity index (χ0v) is 21.0. The van der Waals surface area contributed by atoms with Crippen LogP contribution in [0, 0.1) is 0 Å². The molecule has 0 atom stereocenters. The third kappa shape index (κ3) is 20.6. The van der Waals surface area contributed by atoms with Crippen molar-refractivity contribution >= 4 is 23.3 Å². The zero-order chi connectivity index (χ0) is 22.6. The number of unbranched alkanes of at least 4 members (excludes halogenated alkanes) is 4. The van der Waals surface area contributed by atoms with E-state index < -0.39 is 29.1 Å². The second kappa shape index (κ2) is 19.5. The maximum atomic E-state index is 10.4. The molecular formula is C22H46O5PS+. The highest BCUT2D eigenvalue weighted by Crippen LogP contribution is 2.61. The summed E-state index contributed by atoms with van der Waals surface area (Å²) in [5.74, 6) is -1.01. The average Bonchev–Trinajstić information content (AvgIpc) is 2.69. The molecule has 0 aromatic rings. The topological polar surface area (TPSA) is 80.7 Å². The molecule has 0 heterocycles. The van der Waals surface area contributed by atoms with Crippen LogP contribution in [0.25, 0.3) is 0 Å². The highest BCUT2D eigenvalue weighted by molar-refractivity contribution is 7.85. The molecular weight excluding hydrogens is 407 g/mol. The van der Waals surface area contributed by atoms with Crippen molar-refractivity contribution in [1.82, 2.24) is 0 Å². The molecule has 0 spiro atoms. The van der Waals surface area contributed by atoms with Gasteiger partial charge < -0.3 is 4.74 Å². The van der Waals surface area contributed by atoms with Crippen LogP contribution < -0.4 is 0 Å². The van der Waals surface area contributed by atoms with Crippen molar-refractivity contribution in [3.8, 4) is 0 Å². The first-order valence-corrected chi connectivity index (χ1v) is 15.4. The molecule has 174 valence electrons. The quantitative estimate of drug-likeness (QED) is 0.0932. The van der Waals surface area contributed by atoms with Gasteiger partial charge in [0.2, 0.25) is 0 Å². The average molecular weight is 454 g/mol. The smallest absolute Gasteiger partial charge is 0.330 e. The van der Waals surface area contributed by atoms with Gasteiger partial charge in [-0.15, -0.1) is 0 Å². The largest absolute Gasteiger partial charge is 0.463 e. The van der Waals surface area contributed by atoms with E-state index in [0.717, 1.165) is 6.08 Å². The fourth-order valence-corrected chi connectivity index (χ4v) is 8.89. The van der Waals surface area contributed by atoms with Gasteiger partial charge in [-0.05, 0) is 32.1 Å². The molecule has 0 fully saturated rings. The zero-order valence-electron chi connectivity index (χ0n) is 19.3. The molecule has 1 N–H and O–H groups in total. The fourth-order valence-electron chi connectivity index (χ4n) is 3.12. The van der Waals surface area contributed by atoms with E-state index in [4.69, 9.17) is 4.55 Å². The summed E-state index contributed by atoms with van der Waals surface area (Å²) in [5.41, 5.74) is 0. The molecule has 29 heavy (non-hydrogen) atoms. The number of hydrogen-bond donors (Lipinski definition) is 1. The van der Waals surface area contributed by atoms with Crippen LogP contribution >= 0.6 is 7.26 Å². The molecule has 0 aromatic carbocycles. The number of rotatable bonds is 17. The van der Waals surface area contributed by atoms with E-state index in [-0.39, 0.29) is 13.0 Å². The Morgan fingerprint density at radius 2 is 1.24 bits per heavy atom. The number of carbonyl (C=O) groups excluding carboxylic acids is 1. The van der Waals surface area contributed by atoms with E-state index in [1.165, 1.54) is 51.4 Å². The van der Waals surface area contributed by atoms with Crippen molar-refractivity contribution < 1.29 is 22.5 Å². The third-order valence-electron chi connectivity index (χ3n) is 4.90. The minimum absolute atomic E-state index is 0.0371. The molecule has 0 aliphatic carbocycles. The summed E-state index contributed by atoms with van der Waals surface area (Å²) in [7, 11) is -4.51. The van der Waals surface area contributed by atoms with Gasteiger partial charge in [-0.25, -0.2) is 4.79 Å². The minimum Gasteiger partial charge on any atom is -0.463 e. The number of ether oxygens (including phenoxy) is 1. The van der Waals surface area contributed by atoms with Crippen LogP contribution in [0.15, 0.2) is 12.7 Å². The predicted octanol–water partition coefficient (Wildman–Crippen LogP) is 6.20. The summed E-state index contributed by atoms with van der Waals surface area (Å²) in [6.07, 6.45) is 19.0. The predicted molar refractivity (Wildman–Crippen MR) is 128 cm³/mol. The van der Waals surface area contributed by atoms with Crippen molar-refractivity contribution in [1.29, 1.82) is 0 Å².